The fourth-order valence-corrected chi connectivity index (χ4v) is 9.58. The molecule has 0 amide bonds. The van der Waals surface area contributed by atoms with Crippen molar-refractivity contribution < 1.29 is 0 Å². The molecule has 0 radical (unpaired) electrons. The van der Waals surface area contributed by atoms with Crippen LogP contribution in [0.25, 0.3) is 21.8 Å². The summed E-state index contributed by atoms with van der Waals surface area (Å²) in [7, 11) is 0. The Labute approximate surface area is 345 Å². The van der Waals surface area contributed by atoms with Gasteiger partial charge in [-0.1, -0.05) is 275 Å². The maximum atomic E-state index is 3.82. The molecule has 54 heavy (non-hydrogen) atoms. The summed E-state index contributed by atoms with van der Waals surface area (Å²) in [5.74, 6) is 0. The first kappa shape index (κ1) is 47.1. The summed E-state index contributed by atoms with van der Waals surface area (Å²) in [4.78, 5) is 0. The van der Waals surface area contributed by atoms with Gasteiger partial charge in [-0.2, -0.15) is 0 Å². The topological polar surface area (TPSA) is 4.93 Å². The highest BCUT2D eigenvalue weighted by molar-refractivity contribution is 9.10. The van der Waals surface area contributed by atoms with Gasteiger partial charge in [0.25, 0.3) is 0 Å². The molecule has 0 saturated carbocycles. The number of hydrogen-bond donors (Lipinski definition) is 0. The van der Waals surface area contributed by atoms with Crippen LogP contribution in [0.1, 0.15) is 251 Å². The standard InChI is InChI=1S/C52H88BrN/c1-2-3-4-5-6-7-8-9-10-11-12-13-14-15-16-17-18-19-20-21-22-23-24-25-26-27-28-29-30-31-32-33-34-35-36-37-38-41-47-54-51-46-40-39-43-48(51)49-44-42-45-50(53)52(49)54/h39-40,42-46H,2-38,41,47H2,1H3. The summed E-state index contributed by atoms with van der Waals surface area (Å²) in [5, 5.41) is 2.75. The molecule has 1 aromatic heterocycles. The van der Waals surface area contributed by atoms with Gasteiger partial charge in [0.15, 0.2) is 0 Å². The van der Waals surface area contributed by atoms with Crippen molar-refractivity contribution in [2.75, 3.05) is 0 Å². The van der Waals surface area contributed by atoms with E-state index in [-0.39, 0.29) is 0 Å². The lowest BCUT2D eigenvalue weighted by Crippen LogP contribution is -1.98. The van der Waals surface area contributed by atoms with E-state index in [2.05, 4.69) is 69.9 Å². The largest absolute Gasteiger partial charge is 0.340 e. The van der Waals surface area contributed by atoms with Crippen molar-refractivity contribution >= 4 is 37.7 Å². The minimum absolute atomic E-state index is 1.12. The summed E-state index contributed by atoms with van der Waals surface area (Å²) < 4.78 is 3.76. The number of aryl methyl sites for hydroxylation is 1. The number of unbranched alkanes of at least 4 members (excludes halogenated alkanes) is 37. The minimum Gasteiger partial charge on any atom is -0.340 e. The maximum Gasteiger partial charge on any atom is 0.0635 e. The Kier molecular flexibility index (Phi) is 29.5. The van der Waals surface area contributed by atoms with Gasteiger partial charge >= 0.3 is 0 Å². The SMILES string of the molecule is CCCCCCCCCCCCCCCCCCCCCCCCCCCCCCCCCCCCCCCCn1c2ccccc2c2cccc(Br)c21. The predicted octanol–water partition coefficient (Wildman–Crippen LogP) is 19.4. The van der Waals surface area contributed by atoms with Gasteiger partial charge in [-0.25, -0.2) is 0 Å². The Morgan fingerprint density at radius 1 is 0.333 bits per heavy atom. The number of benzene rings is 2. The lowest BCUT2D eigenvalue weighted by molar-refractivity contribution is 0.509. The van der Waals surface area contributed by atoms with Crippen molar-refractivity contribution in [3.63, 3.8) is 0 Å². The molecule has 0 aliphatic rings. The number of rotatable bonds is 39. The third-order valence-electron chi connectivity index (χ3n) is 12.5. The second-order valence-corrected chi connectivity index (χ2v) is 18.2. The zero-order valence-corrected chi connectivity index (χ0v) is 37.5. The highest BCUT2D eigenvalue weighted by Gasteiger charge is 2.12. The van der Waals surface area contributed by atoms with E-state index in [1.54, 1.807) is 0 Å². The van der Waals surface area contributed by atoms with Crippen molar-refractivity contribution in [1.82, 2.24) is 4.57 Å². The number of nitrogens with zero attached hydrogens (tertiary/aromatic N) is 1. The highest BCUT2D eigenvalue weighted by Crippen LogP contribution is 2.34. The van der Waals surface area contributed by atoms with E-state index in [4.69, 9.17) is 0 Å². The van der Waals surface area contributed by atoms with Gasteiger partial charge in [0.2, 0.25) is 0 Å². The number of fused-ring (bicyclic) bond motifs is 3. The molecule has 2 aromatic carbocycles. The average Bonchev–Trinajstić information content (AvgIpc) is 3.52. The fraction of sp³-hybridized carbons (Fsp3) is 0.769. The summed E-state index contributed by atoms with van der Waals surface area (Å²) in [6, 6.07) is 15.5. The molecule has 3 rings (SSSR count). The molecule has 0 N–H and O–H groups in total. The Balaban J connectivity index is 0.948. The van der Waals surface area contributed by atoms with Gasteiger partial charge in [0, 0.05) is 27.3 Å². The highest BCUT2D eigenvalue weighted by atomic mass is 79.9. The predicted molar refractivity (Wildman–Crippen MR) is 248 cm³/mol. The zero-order valence-electron chi connectivity index (χ0n) is 35.9. The van der Waals surface area contributed by atoms with Gasteiger partial charge in [-0.3, -0.25) is 0 Å². The molecule has 2 heteroatoms. The van der Waals surface area contributed by atoms with E-state index in [9.17, 15) is 0 Å². The smallest absolute Gasteiger partial charge is 0.0635 e. The quantitative estimate of drug-likeness (QED) is 0.0506. The lowest BCUT2D eigenvalue weighted by Gasteiger charge is -2.09. The van der Waals surface area contributed by atoms with Crippen molar-refractivity contribution in [2.45, 2.75) is 257 Å². The Morgan fingerprint density at radius 2 is 0.630 bits per heavy atom. The number of halogens is 1. The molecule has 3 aromatic rings. The molecule has 0 spiro atoms. The molecule has 1 heterocycles. The van der Waals surface area contributed by atoms with E-state index in [1.165, 1.54) is 270 Å². The molecule has 0 bridgehead atoms. The molecule has 308 valence electrons. The van der Waals surface area contributed by atoms with Crippen LogP contribution in [0.4, 0.5) is 0 Å². The van der Waals surface area contributed by atoms with Gasteiger partial charge in [0.1, 0.15) is 0 Å². The average molecular weight is 807 g/mol. The Hall–Kier alpha value is -1.28. The first-order valence-electron chi connectivity index (χ1n) is 24.5. The summed E-state index contributed by atoms with van der Waals surface area (Å²) in [6.07, 6.45) is 55.6. The van der Waals surface area contributed by atoms with Crippen molar-refractivity contribution in [3.8, 4) is 0 Å². The molecule has 0 atom stereocenters. The number of hydrogen-bond acceptors (Lipinski definition) is 0. The Bertz CT molecular complexity index is 1260. The van der Waals surface area contributed by atoms with E-state index < -0.39 is 0 Å². The van der Waals surface area contributed by atoms with Crippen LogP contribution in [-0.2, 0) is 6.54 Å². The molecule has 0 fully saturated rings. The Morgan fingerprint density at radius 3 is 0.981 bits per heavy atom. The molecule has 0 aliphatic carbocycles. The monoisotopic (exact) mass is 806 g/mol. The van der Waals surface area contributed by atoms with Crippen molar-refractivity contribution in [3.05, 3.63) is 46.9 Å². The number of para-hydroxylation sites is 2. The maximum absolute atomic E-state index is 3.82. The van der Waals surface area contributed by atoms with Gasteiger partial charge in [0.05, 0.1) is 5.52 Å². The van der Waals surface area contributed by atoms with Crippen LogP contribution in [0.2, 0.25) is 0 Å². The molecule has 0 aliphatic heterocycles. The fourth-order valence-electron chi connectivity index (χ4n) is 9.00. The first-order valence-corrected chi connectivity index (χ1v) is 25.3. The van der Waals surface area contributed by atoms with E-state index >= 15 is 0 Å². The third-order valence-corrected chi connectivity index (χ3v) is 13.1. The summed E-state index contributed by atoms with van der Waals surface area (Å²) in [5.41, 5.74) is 2.74. The summed E-state index contributed by atoms with van der Waals surface area (Å²) in [6.45, 7) is 3.43. The van der Waals surface area contributed by atoms with Crippen LogP contribution in [0.15, 0.2) is 46.9 Å². The second-order valence-electron chi connectivity index (χ2n) is 17.4. The molecular weight excluding hydrogens is 718 g/mol. The van der Waals surface area contributed by atoms with Gasteiger partial charge in [-0.05, 0) is 34.5 Å². The van der Waals surface area contributed by atoms with Crippen molar-refractivity contribution in [2.24, 2.45) is 0 Å². The van der Waals surface area contributed by atoms with E-state index in [1.807, 2.05) is 0 Å². The van der Waals surface area contributed by atoms with E-state index in [0.29, 0.717) is 0 Å². The molecular formula is C52H88BrN. The molecule has 0 unspecified atom stereocenters. The van der Waals surface area contributed by atoms with E-state index in [0.717, 1.165) is 6.54 Å². The van der Waals surface area contributed by atoms with Gasteiger partial charge < -0.3 is 4.57 Å². The minimum atomic E-state index is 1.12. The van der Waals surface area contributed by atoms with Crippen LogP contribution >= 0.6 is 15.9 Å². The van der Waals surface area contributed by atoms with Crippen LogP contribution in [0.3, 0.4) is 0 Å². The zero-order chi connectivity index (χ0) is 38.0. The van der Waals surface area contributed by atoms with Crippen LogP contribution in [-0.4, -0.2) is 4.57 Å². The molecule has 1 nitrogen and oxygen atoms in total. The molecule has 0 saturated heterocycles. The van der Waals surface area contributed by atoms with Crippen LogP contribution < -0.4 is 0 Å². The second kappa shape index (κ2) is 33.8. The third kappa shape index (κ3) is 21.9. The number of aromatic nitrogens is 1. The summed E-state index contributed by atoms with van der Waals surface area (Å²) >= 11 is 3.82. The van der Waals surface area contributed by atoms with Crippen LogP contribution in [0.5, 0.6) is 0 Å². The van der Waals surface area contributed by atoms with Crippen LogP contribution in [0, 0.1) is 0 Å². The normalized spacial score (nSPS) is 11.8. The lowest BCUT2D eigenvalue weighted by atomic mass is 10.0. The van der Waals surface area contributed by atoms with Crippen molar-refractivity contribution in [1.29, 1.82) is 0 Å². The van der Waals surface area contributed by atoms with Gasteiger partial charge in [-0.15, -0.1) is 0 Å². The first-order chi connectivity index (χ1) is 26.8.